The quantitative estimate of drug-likeness (QED) is 0.756. The van der Waals surface area contributed by atoms with Gasteiger partial charge in [-0.1, -0.05) is 12.8 Å². The Balaban J connectivity index is 0.000000845. The van der Waals surface area contributed by atoms with E-state index in [2.05, 4.69) is 10.2 Å². The molecule has 2 nitrogen and oxygen atoms in total. The Morgan fingerprint density at radius 2 is 1.57 bits per heavy atom. The highest BCUT2D eigenvalue weighted by Gasteiger charge is 2.22. The van der Waals surface area contributed by atoms with Crippen molar-refractivity contribution in [2.24, 2.45) is 0 Å². The van der Waals surface area contributed by atoms with Crippen molar-refractivity contribution in [2.75, 3.05) is 26.2 Å². The van der Waals surface area contributed by atoms with E-state index < -0.39 is 0 Å². The summed E-state index contributed by atoms with van der Waals surface area (Å²) in [4.78, 5) is 2.70. The van der Waals surface area contributed by atoms with Crippen molar-refractivity contribution in [3.8, 4) is 0 Å². The van der Waals surface area contributed by atoms with Crippen LogP contribution < -0.4 is 5.32 Å². The van der Waals surface area contributed by atoms with Crippen molar-refractivity contribution in [2.45, 2.75) is 38.1 Å². The van der Waals surface area contributed by atoms with Crippen LogP contribution in [0, 0.1) is 0 Å². The van der Waals surface area contributed by atoms with Gasteiger partial charge in [-0.05, 0) is 38.9 Å². The molecule has 0 amide bonds. The summed E-state index contributed by atoms with van der Waals surface area (Å²) >= 11 is 0. The van der Waals surface area contributed by atoms with Gasteiger partial charge in [-0.15, -0.1) is 24.8 Å². The summed E-state index contributed by atoms with van der Waals surface area (Å²) in [6.45, 7) is 5.18. The topological polar surface area (TPSA) is 15.3 Å². The molecule has 1 N–H and O–H groups in total. The molecule has 2 rings (SSSR count). The van der Waals surface area contributed by atoms with Gasteiger partial charge in [-0.25, -0.2) is 0 Å². The Bertz CT molecular complexity index is 130. The zero-order chi connectivity index (χ0) is 8.23. The molecule has 86 valence electrons. The van der Waals surface area contributed by atoms with Crippen LogP contribution in [0.3, 0.4) is 0 Å². The predicted molar refractivity (Wildman–Crippen MR) is 65.8 cm³/mol. The van der Waals surface area contributed by atoms with E-state index in [0.717, 1.165) is 6.04 Å². The molecule has 0 spiro atoms. The summed E-state index contributed by atoms with van der Waals surface area (Å²) < 4.78 is 0. The van der Waals surface area contributed by atoms with Crippen molar-refractivity contribution in [1.29, 1.82) is 0 Å². The SMILES string of the molecule is C1CCCN(C2CCNC2)CC1.Cl.Cl. The second-order valence-electron chi connectivity index (χ2n) is 4.10. The molecule has 1 unspecified atom stereocenters. The molecule has 2 aliphatic heterocycles. The van der Waals surface area contributed by atoms with E-state index in [-0.39, 0.29) is 24.8 Å². The highest BCUT2D eigenvalue weighted by Crippen LogP contribution is 2.15. The summed E-state index contributed by atoms with van der Waals surface area (Å²) in [5.41, 5.74) is 0. The first-order valence-corrected chi connectivity index (χ1v) is 5.41. The molecule has 14 heavy (non-hydrogen) atoms. The molecule has 0 saturated carbocycles. The smallest absolute Gasteiger partial charge is 0.0232 e. The van der Waals surface area contributed by atoms with Crippen LogP contribution in [0.15, 0.2) is 0 Å². The normalized spacial score (nSPS) is 28.7. The van der Waals surface area contributed by atoms with E-state index >= 15 is 0 Å². The molecular weight excluding hydrogens is 219 g/mol. The molecule has 0 aromatic heterocycles. The fourth-order valence-corrected chi connectivity index (χ4v) is 2.41. The molecule has 1 atom stereocenters. The molecular formula is C10H22Cl2N2. The van der Waals surface area contributed by atoms with Crippen molar-refractivity contribution >= 4 is 24.8 Å². The van der Waals surface area contributed by atoms with Gasteiger partial charge in [0.2, 0.25) is 0 Å². The highest BCUT2D eigenvalue weighted by molar-refractivity contribution is 5.85. The lowest BCUT2D eigenvalue weighted by atomic mass is 10.2. The number of hydrogen-bond donors (Lipinski definition) is 1. The van der Waals surface area contributed by atoms with E-state index in [9.17, 15) is 0 Å². The molecule has 2 fully saturated rings. The van der Waals surface area contributed by atoms with Crippen molar-refractivity contribution in [1.82, 2.24) is 10.2 Å². The van der Waals surface area contributed by atoms with Crippen molar-refractivity contribution in [3.05, 3.63) is 0 Å². The van der Waals surface area contributed by atoms with Gasteiger partial charge in [0.05, 0.1) is 0 Å². The molecule has 2 saturated heterocycles. The molecule has 0 radical (unpaired) electrons. The number of rotatable bonds is 1. The Hall–Kier alpha value is 0.500. The number of likely N-dealkylation sites (tertiary alicyclic amines) is 1. The van der Waals surface area contributed by atoms with E-state index in [1.165, 1.54) is 58.3 Å². The van der Waals surface area contributed by atoms with E-state index in [0.29, 0.717) is 0 Å². The zero-order valence-corrected chi connectivity index (χ0v) is 10.3. The zero-order valence-electron chi connectivity index (χ0n) is 8.71. The third-order valence-electron chi connectivity index (χ3n) is 3.19. The van der Waals surface area contributed by atoms with Crippen LogP contribution in [0.1, 0.15) is 32.1 Å². The maximum absolute atomic E-state index is 3.45. The lowest BCUT2D eigenvalue weighted by molar-refractivity contribution is 0.216. The number of halogens is 2. The van der Waals surface area contributed by atoms with Crippen LogP contribution >= 0.6 is 24.8 Å². The molecule has 0 aromatic carbocycles. The third kappa shape index (κ3) is 3.93. The molecule has 0 bridgehead atoms. The summed E-state index contributed by atoms with van der Waals surface area (Å²) in [6.07, 6.45) is 7.14. The van der Waals surface area contributed by atoms with Gasteiger partial charge >= 0.3 is 0 Å². The van der Waals surface area contributed by atoms with Gasteiger partial charge in [-0.2, -0.15) is 0 Å². The standard InChI is InChI=1S/C10H20N2.2ClH/c1-2-4-8-12(7-3-1)10-5-6-11-9-10;;/h10-11H,1-9H2;2*1H. The van der Waals surface area contributed by atoms with Gasteiger partial charge in [0, 0.05) is 12.6 Å². The van der Waals surface area contributed by atoms with Crippen molar-refractivity contribution < 1.29 is 0 Å². The van der Waals surface area contributed by atoms with Crippen LogP contribution in [0.4, 0.5) is 0 Å². The average Bonchev–Trinajstić information content (AvgIpc) is 2.48. The molecule has 2 aliphatic rings. The Kier molecular flexibility index (Phi) is 8.02. The van der Waals surface area contributed by atoms with Crippen molar-refractivity contribution in [3.63, 3.8) is 0 Å². The number of nitrogens with zero attached hydrogens (tertiary/aromatic N) is 1. The second kappa shape index (κ2) is 7.75. The molecule has 4 heteroatoms. The number of nitrogens with one attached hydrogen (secondary N) is 1. The maximum Gasteiger partial charge on any atom is 0.0232 e. The van der Waals surface area contributed by atoms with Crippen LogP contribution in [-0.4, -0.2) is 37.1 Å². The van der Waals surface area contributed by atoms with Gasteiger partial charge in [-0.3, -0.25) is 4.90 Å². The third-order valence-corrected chi connectivity index (χ3v) is 3.19. The van der Waals surface area contributed by atoms with Gasteiger partial charge in [0.1, 0.15) is 0 Å². The monoisotopic (exact) mass is 240 g/mol. The van der Waals surface area contributed by atoms with Crippen LogP contribution in [-0.2, 0) is 0 Å². The fourth-order valence-electron chi connectivity index (χ4n) is 2.41. The van der Waals surface area contributed by atoms with Gasteiger partial charge < -0.3 is 5.32 Å². The average molecular weight is 241 g/mol. The van der Waals surface area contributed by atoms with Crippen LogP contribution in [0.5, 0.6) is 0 Å². The van der Waals surface area contributed by atoms with E-state index in [1.807, 2.05) is 0 Å². The Morgan fingerprint density at radius 3 is 2.07 bits per heavy atom. The minimum absolute atomic E-state index is 0. The first kappa shape index (κ1) is 14.5. The predicted octanol–water partition coefficient (Wildman–Crippen LogP) is 2.07. The second-order valence-corrected chi connectivity index (χ2v) is 4.10. The lowest BCUT2D eigenvalue weighted by Gasteiger charge is -2.26. The van der Waals surface area contributed by atoms with Crippen LogP contribution in [0.25, 0.3) is 0 Å². The van der Waals surface area contributed by atoms with Gasteiger partial charge in [0.25, 0.3) is 0 Å². The summed E-state index contributed by atoms with van der Waals surface area (Å²) in [5.74, 6) is 0. The Labute approximate surface area is 99.6 Å². The first-order chi connectivity index (χ1) is 5.97. The summed E-state index contributed by atoms with van der Waals surface area (Å²) in [5, 5.41) is 3.45. The highest BCUT2D eigenvalue weighted by atomic mass is 35.5. The number of hydrogen-bond acceptors (Lipinski definition) is 2. The minimum atomic E-state index is 0. The lowest BCUT2D eigenvalue weighted by Crippen LogP contribution is -2.37. The fraction of sp³-hybridized carbons (Fsp3) is 1.00. The summed E-state index contributed by atoms with van der Waals surface area (Å²) in [7, 11) is 0. The minimum Gasteiger partial charge on any atom is -0.315 e. The molecule has 0 aromatic rings. The van der Waals surface area contributed by atoms with Gasteiger partial charge in [0.15, 0.2) is 0 Å². The molecule has 0 aliphatic carbocycles. The van der Waals surface area contributed by atoms with E-state index in [1.54, 1.807) is 0 Å². The molecule has 2 heterocycles. The Morgan fingerprint density at radius 1 is 0.929 bits per heavy atom. The van der Waals surface area contributed by atoms with E-state index in [4.69, 9.17) is 0 Å². The van der Waals surface area contributed by atoms with Crippen LogP contribution in [0.2, 0.25) is 0 Å². The maximum atomic E-state index is 3.45. The summed E-state index contributed by atoms with van der Waals surface area (Å²) in [6, 6.07) is 0.864. The largest absolute Gasteiger partial charge is 0.315 e. The first-order valence-electron chi connectivity index (χ1n) is 5.41.